The van der Waals surface area contributed by atoms with Crippen molar-refractivity contribution in [2.24, 2.45) is 5.92 Å². The molecule has 2 heterocycles. The van der Waals surface area contributed by atoms with Gasteiger partial charge in [0.1, 0.15) is 0 Å². The average Bonchev–Trinajstić information content (AvgIpc) is 2.98. The second-order valence-corrected chi connectivity index (χ2v) is 8.96. The van der Waals surface area contributed by atoms with Crippen LogP contribution in [0.4, 0.5) is 0 Å². The largest absolute Gasteiger partial charge is 0.314 e. The van der Waals surface area contributed by atoms with E-state index in [9.17, 15) is 8.42 Å². The Morgan fingerprint density at radius 1 is 1.43 bits per heavy atom. The molecular weight excluding hydrogens is 304 g/mol. The second-order valence-electron chi connectivity index (χ2n) is 6.11. The summed E-state index contributed by atoms with van der Waals surface area (Å²) >= 11 is 1.61. The zero-order chi connectivity index (χ0) is 15.3. The lowest BCUT2D eigenvalue weighted by Gasteiger charge is -2.25. The molecule has 2 rings (SSSR count). The van der Waals surface area contributed by atoms with E-state index in [1.54, 1.807) is 11.3 Å². The van der Waals surface area contributed by atoms with Gasteiger partial charge >= 0.3 is 0 Å². The van der Waals surface area contributed by atoms with Crippen molar-refractivity contribution in [2.45, 2.75) is 51.6 Å². The Kier molecular flexibility index (Phi) is 6.22. The van der Waals surface area contributed by atoms with Crippen LogP contribution in [0.15, 0.2) is 17.5 Å². The molecule has 1 aromatic heterocycles. The predicted molar refractivity (Wildman–Crippen MR) is 89.1 cm³/mol. The second kappa shape index (κ2) is 7.72. The summed E-state index contributed by atoms with van der Waals surface area (Å²) in [7, 11) is -3.23. The van der Waals surface area contributed by atoms with Gasteiger partial charge < -0.3 is 5.32 Å². The van der Waals surface area contributed by atoms with E-state index in [-0.39, 0.29) is 17.7 Å². The third-order valence-electron chi connectivity index (χ3n) is 3.97. The van der Waals surface area contributed by atoms with Crippen LogP contribution in [0.3, 0.4) is 0 Å². The summed E-state index contributed by atoms with van der Waals surface area (Å²) < 4.78 is 27.6. The number of rotatable bonds is 7. The SMILES string of the molecule is CC(C)C(NS(=O)(=O)CCC1CCCCN1)c1cccs1. The van der Waals surface area contributed by atoms with Crippen LogP contribution >= 0.6 is 11.3 Å². The van der Waals surface area contributed by atoms with Gasteiger partial charge in [-0.25, -0.2) is 13.1 Å². The van der Waals surface area contributed by atoms with Crippen LogP contribution in [0.25, 0.3) is 0 Å². The molecule has 2 unspecified atom stereocenters. The molecule has 0 radical (unpaired) electrons. The highest BCUT2D eigenvalue weighted by Gasteiger charge is 2.24. The predicted octanol–water partition coefficient (Wildman–Crippen LogP) is 2.90. The van der Waals surface area contributed by atoms with Crippen molar-refractivity contribution < 1.29 is 8.42 Å². The smallest absolute Gasteiger partial charge is 0.212 e. The molecule has 6 heteroatoms. The minimum absolute atomic E-state index is 0.116. The number of hydrogen-bond donors (Lipinski definition) is 2. The Hall–Kier alpha value is -0.430. The summed E-state index contributed by atoms with van der Waals surface area (Å²) in [5.41, 5.74) is 0. The van der Waals surface area contributed by atoms with Crippen molar-refractivity contribution >= 4 is 21.4 Å². The van der Waals surface area contributed by atoms with E-state index in [1.807, 2.05) is 17.5 Å². The van der Waals surface area contributed by atoms with Gasteiger partial charge in [0, 0.05) is 10.9 Å². The van der Waals surface area contributed by atoms with E-state index in [1.165, 1.54) is 12.8 Å². The van der Waals surface area contributed by atoms with E-state index in [4.69, 9.17) is 0 Å². The topological polar surface area (TPSA) is 58.2 Å². The molecule has 2 N–H and O–H groups in total. The Morgan fingerprint density at radius 2 is 2.24 bits per heavy atom. The maximum absolute atomic E-state index is 12.3. The number of hydrogen-bond acceptors (Lipinski definition) is 4. The molecule has 1 fully saturated rings. The van der Waals surface area contributed by atoms with Gasteiger partial charge in [0.15, 0.2) is 0 Å². The molecule has 0 bridgehead atoms. The highest BCUT2D eigenvalue weighted by Crippen LogP contribution is 2.26. The van der Waals surface area contributed by atoms with Gasteiger partial charge in [-0.2, -0.15) is 0 Å². The van der Waals surface area contributed by atoms with E-state index < -0.39 is 10.0 Å². The molecule has 1 aliphatic rings. The molecule has 21 heavy (non-hydrogen) atoms. The summed E-state index contributed by atoms with van der Waals surface area (Å²) in [6, 6.07) is 4.21. The highest BCUT2D eigenvalue weighted by molar-refractivity contribution is 7.89. The number of nitrogens with one attached hydrogen (secondary N) is 2. The molecule has 0 spiro atoms. The quantitative estimate of drug-likeness (QED) is 0.808. The molecule has 2 atom stereocenters. The zero-order valence-corrected chi connectivity index (χ0v) is 14.5. The first-order valence-electron chi connectivity index (χ1n) is 7.75. The van der Waals surface area contributed by atoms with Crippen molar-refractivity contribution in [1.82, 2.24) is 10.0 Å². The van der Waals surface area contributed by atoms with E-state index >= 15 is 0 Å². The zero-order valence-electron chi connectivity index (χ0n) is 12.8. The fourth-order valence-corrected chi connectivity index (χ4v) is 5.23. The standard InChI is InChI=1S/C15H26N2O2S2/c1-12(2)15(14-7-5-10-20-14)17-21(18,19)11-8-13-6-3-4-9-16-13/h5,7,10,12-13,15-17H,3-4,6,8-9,11H2,1-2H3. The van der Waals surface area contributed by atoms with Gasteiger partial charge in [0.05, 0.1) is 11.8 Å². The summed E-state index contributed by atoms with van der Waals surface area (Å²) in [4.78, 5) is 1.09. The molecule has 0 aromatic carbocycles. The molecule has 120 valence electrons. The van der Waals surface area contributed by atoms with Gasteiger partial charge in [0.2, 0.25) is 10.0 Å². The van der Waals surface area contributed by atoms with Gasteiger partial charge in [-0.1, -0.05) is 26.3 Å². The maximum atomic E-state index is 12.3. The fraction of sp³-hybridized carbons (Fsp3) is 0.733. The summed E-state index contributed by atoms with van der Waals surface area (Å²) in [5, 5.41) is 5.40. The summed E-state index contributed by atoms with van der Waals surface area (Å²) in [6.07, 6.45) is 4.20. The number of thiophene rings is 1. The molecular formula is C15H26N2O2S2. The molecule has 0 saturated carbocycles. The average molecular weight is 331 g/mol. The van der Waals surface area contributed by atoms with Crippen LogP contribution in [-0.2, 0) is 10.0 Å². The maximum Gasteiger partial charge on any atom is 0.212 e. The van der Waals surface area contributed by atoms with Crippen molar-refractivity contribution in [3.8, 4) is 0 Å². The number of piperidine rings is 1. The Morgan fingerprint density at radius 3 is 2.81 bits per heavy atom. The normalized spacial score (nSPS) is 21.6. The van der Waals surface area contributed by atoms with Crippen LogP contribution in [0, 0.1) is 5.92 Å². The lowest BCUT2D eigenvalue weighted by atomic mass is 10.0. The Balaban J connectivity index is 1.92. The van der Waals surface area contributed by atoms with E-state index in [0.29, 0.717) is 12.5 Å². The molecule has 0 aliphatic carbocycles. The molecule has 0 amide bonds. The van der Waals surface area contributed by atoms with Gasteiger partial charge in [-0.05, 0) is 43.2 Å². The van der Waals surface area contributed by atoms with Gasteiger partial charge in [-0.15, -0.1) is 11.3 Å². The molecule has 4 nitrogen and oxygen atoms in total. The van der Waals surface area contributed by atoms with Crippen molar-refractivity contribution in [3.63, 3.8) is 0 Å². The van der Waals surface area contributed by atoms with Crippen LogP contribution in [0.1, 0.15) is 50.4 Å². The number of sulfonamides is 1. The van der Waals surface area contributed by atoms with Crippen molar-refractivity contribution in [2.75, 3.05) is 12.3 Å². The van der Waals surface area contributed by atoms with Crippen molar-refractivity contribution in [3.05, 3.63) is 22.4 Å². The minimum Gasteiger partial charge on any atom is -0.314 e. The first-order valence-corrected chi connectivity index (χ1v) is 10.3. The first kappa shape index (κ1) is 16.9. The lowest BCUT2D eigenvalue weighted by Crippen LogP contribution is -2.38. The Labute approximate surface area is 132 Å². The van der Waals surface area contributed by atoms with Crippen LogP contribution in [0.2, 0.25) is 0 Å². The van der Waals surface area contributed by atoms with Gasteiger partial charge in [0.25, 0.3) is 0 Å². The lowest BCUT2D eigenvalue weighted by molar-refractivity contribution is 0.391. The summed E-state index contributed by atoms with van der Waals surface area (Å²) in [6.45, 7) is 5.12. The fourth-order valence-electron chi connectivity index (χ4n) is 2.71. The van der Waals surface area contributed by atoms with Crippen LogP contribution in [-0.4, -0.2) is 26.8 Å². The van der Waals surface area contributed by atoms with E-state index in [2.05, 4.69) is 23.9 Å². The third kappa shape index (κ3) is 5.36. The molecule has 1 aromatic rings. The van der Waals surface area contributed by atoms with Gasteiger partial charge in [-0.3, -0.25) is 0 Å². The molecule has 1 aliphatic heterocycles. The Bertz CT molecular complexity index is 506. The highest BCUT2D eigenvalue weighted by atomic mass is 32.2. The molecule has 1 saturated heterocycles. The monoisotopic (exact) mass is 330 g/mol. The van der Waals surface area contributed by atoms with Crippen LogP contribution < -0.4 is 10.0 Å². The van der Waals surface area contributed by atoms with E-state index in [0.717, 1.165) is 17.8 Å². The third-order valence-corrected chi connectivity index (χ3v) is 6.31. The minimum atomic E-state index is -3.23. The summed E-state index contributed by atoms with van der Waals surface area (Å²) in [5.74, 6) is 0.449. The van der Waals surface area contributed by atoms with Crippen molar-refractivity contribution in [1.29, 1.82) is 0 Å². The van der Waals surface area contributed by atoms with Crippen LogP contribution in [0.5, 0.6) is 0 Å². The first-order chi connectivity index (χ1) is 9.98.